The van der Waals surface area contributed by atoms with Gasteiger partial charge < -0.3 is 15.4 Å². The van der Waals surface area contributed by atoms with Gasteiger partial charge in [-0.05, 0) is 31.4 Å². The van der Waals surface area contributed by atoms with Gasteiger partial charge in [-0.15, -0.1) is 24.0 Å². The Morgan fingerprint density at radius 2 is 2.17 bits per heavy atom. The first-order chi connectivity index (χ1) is 13.7. The van der Waals surface area contributed by atoms with Gasteiger partial charge in [0.05, 0.1) is 6.54 Å². The number of aryl methyl sites for hydroxylation is 1. The Kier molecular flexibility index (Phi) is 7.44. The van der Waals surface area contributed by atoms with Crippen molar-refractivity contribution in [3.63, 3.8) is 0 Å². The molecule has 0 amide bonds. The van der Waals surface area contributed by atoms with Gasteiger partial charge in [-0.3, -0.25) is 4.99 Å². The molecule has 9 heteroatoms. The van der Waals surface area contributed by atoms with Crippen molar-refractivity contribution in [2.24, 2.45) is 4.99 Å². The lowest BCUT2D eigenvalue weighted by atomic mass is 10.1. The van der Waals surface area contributed by atoms with E-state index < -0.39 is 0 Å². The monoisotopic (exact) mass is 514 g/mol. The summed E-state index contributed by atoms with van der Waals surface area (Å²) in [6.45, 7) is 3.88. The van der Waals surface area contributed by atoms with E-state index in [0.717, 1.165) is 49.0 Å². The highest BCUT2D eigenvalue weighted by atomic mass is 127. The van der Waals surface area contributed by atoms with Crippen molar-refractivity contribution >= 4 is 29.9 Å². The van der Waals surface area contributed by atoms with E-state index in [1.54, 1.807) is 13.2 Å². The average molecular weight is 514 g/mol. The second-order valence-electron chi connectivity index (χ2n) is 7.38. The molecule has 1 aliphatic carbocycles. The predicted molar refractivity (Wildman–Crippen MR) is 120 cm³/mol. The van der Waals surface area contributed by atoms with E-state index in [2.05, 4.69) is 25.7 Å². The Hall–Kier alpha value is -1.75. The van der Waals surface area contributed by atoms with Gasteiger partial charge in [-0.1, -0.05) is 18.2 Å². The maximum atomic E-state index is 14.0. The van der Waals surface area contributed by atoms with Gasteiger partial charge in [0.25, 0.3) is 0 Å². The fourth-order valence-electron chi connectivity index (χ4n) is 3.80. The summed E-state index contributed by atoms with van der Waals surface area (Å²) in [6, 6.07) is 7.47. The number of halogens is 2. The van der Waals surface area contributed by atoms with Crippen LogP contribution in [0.3, 0.4) is 0 Å². The van der Waals surface area contributed by atoms with Crippen LogP contribution >= 0.6 is 24.0 Å². The maximum absolute atomic E-state index is 14.0. The Morgan fingerprint density at radius 1 is 1.34 bits per heavy atom. The summed E-state index contributed by atoms with van der Waals surface area (Å²) in [6.07, 6.45) is 2.76. The second kappa shape index (κ2) is 9.84. The van der Waals surface area contributed by atoms with Crippen LogP contribution in [0.15, 0.2) is 29.3 Å². The number of fused-ring (bicyclic) bond motifs is 1. The molecule has 2 aliphatic rings. The van der Waals surface area contributed by atoms with E-state index in [9.17, 15) is 4.39 Å². The van der Waals surface area contributed by atoms with E-state index >= 15 is 0 Å². The Balaban J connectivity index is 0.00000240. The number of rotatable bonds is 6. The van der Waals surface area contributed by atoms with Gasteiger partial charge in [-0.25, -0.2) is 14.1 Å². The molecule has 4 rings (SSSR count). The first kappa shape index (κ1) is 21.9. The number of nitrogens with one attached hydrogen (secondary N) is 2. The van der Waals surface area contributed by atoms with E-state index in [1.807, 2.05) is 23.7 Å². The molecule has 2 heterocycles. The molecule has 3 atom stereocenters. The summed E-state index contributed by atoms with van der Waals surface area (Å²) in [5.41, 5.74) is 0.784. The molecule has 0 saturated heterocycles. The zero-order valence-corrected chi connectivity index (χ0v) is 19.1. The SMILES string of the molecule is CCN=C(NC1CCc2nc(COC)nn2C1)NC1CC1c1ccccc1F.I. The van der Waals surface area contributed by atoms with E-state index in [4.69, 9.17) is 4.74 Å². The molecule has 0 bridgehead atoms. The summed E-state index contributed by atoms with van der Waals surface area (Å²) in [5, 5.41) is 11.5. The van der Waals surface area contributed by atoms with Crippen LogP contribution in [0.25, 0.3) is 0 Å². The van der Waals surface area contributed by atoms with Gasteiger partial charge in [0.1, 0.15) is 18.2 Å². The van der Waals surface area contributed by atoms with Crippen LogP contribution < -0.4 is 10.6 Å². The van der Waals surface area contributed by atoms with Gasteiger partial charge in [0.15, 0.2) is 11.8 Å². The molecule has 0 spiro atoms. The lowest BCUT2D eigenvalue weighted by molar-refractivity contribution is 0.177. The van der Waals surface area contributed by atoms with Crippen molar-refractivity contribution in [2.45, 2.75) is 57.3 Å². The number of guanidine groups is 1. The van der Waals surface area contributed by atoms with Crippen LogP contribution in [-0.2, 0) is 24.3 Å². The standard InChI is InChI=1S/C20H27FN6O.HI/c1-3-22-20(24-17-10-15(17)14-6-4-5-7-16(14)21)23-13-8-9-19-25-18(12-28-2)26-27(19)11-13;/h4-7,13,15,17H,3,8-12H2,1-2H3,(H2,22,23,24);1H. The first-order valence-corrected chi connectivity index (χ1v) is 9.91. The molecule has 0 radical (unpaired) electrons. The number of benzene rings is 1. The van der Waals surface area contributed by atoms with Crippen molar-refractivity contribution in [2.75, 3.05) is 13.7 Å². The summed E-state index contributed by atoms with van der Waals surface area (Å²) >= 11 is 0. The fourth-order valence-corrected chi connectivity index (χ4v) is 3.80. The van der Waals surface area contributed by atoms with Gasteiger partial charge in [0.2, 0.25) is 0 Å². The summed E-state index contributed by atoms with van der Waals surface area (Å²) < 4.78 is 21.1. The molecule has 158 valence electrons. The third-order valence-electron chi connectivity index (χ3n) is 5.25. The van der Waals surface area contributed by atoms with E-state index in [1.165, 1.54) is 6.07 Å². The fraction of sp³-hybridized carbons (Fsp3) is 0.550. The van der Waals surface area contributed by atoms with Crippen LogP contribution in [-0.4, -0.2) is 46.5 Å². The summed E-state index contributed by atoms with van der Waals surface area (Å²) in [4.78, 5) is 9.09. The van der Waals surface area contributed by atoms with Crippen LogP contribution in [0, 0.1) is 5.82 Å². The van der Waals surface area contributed by atoms with Gasteiger partial charge in [-0.2, -0.15) is 5.10 Å². The molecular weight excluding hydrogens is 486 g/mol. The maximum Gasteiger partial charge on any atom is 0.191 e. The third kappa shape index (κ3) is 5.25. The van der Waals surface area contributed by atoms with Crippen molar-refractivity contribution < 1.29 is 9.13 Å². The lowest BCUT2D eigenvalue weighted by Crippen LogP contribution is -2.48. The van der Waals surface area contributed by atoms with Crippen LogP contribution in [0.5, 0.6) is 0 Å². The molecule has 2 N–H and O–H groups in total. The van der Waals surface area contributed by atoms with Crippen molar-refractivity contribution in [1.29, 1.82) is 0 Å². The largest absolute Gasteiger partial charge is 0.377 e. The predicted octanol–water partition coefficient (Wildman–Crippen LogP) is 2.61. The molecule has 29 heavy (non-hydrogen) atoms. The highest BCUT2D eigenvalue weighted by Gasteiger charge is 2.40. The normalized spacial score (nSPS) is 23.1. The summed E-state index contributed by atoms with van der Waals surface area (Å²) in [5.74, 6) is 2.60. The number of aromatic nitrogens is 3. The molecule has 1 aromatic heterocycles. The Labute approximate surface area is 187 Å². The molecule has 2 aromatic rings. The van der Waals surface area contributed by atoms with Crippen LogP contribution in [0.1, 0.15) is 42.9 Å². The lowest BCUT2D eigenvalue weighted by Gasteiger charge is -2.25. The molecule has 3 unspecified atom stereocenters. The number of aliphatic imine (C=N–C) groups is 1. The quantitative estimate of drug-likeness (QED) is 0.352. The van der Waals surface area contributed by atoms with Gasteiger partial charge >= 0.3 is 0 Å². The number of hydrogen-bond acceptors (Lipinski definition) is 4. The van der Waals surface area contributed by atoms with Crippen molar-refractivity contribution in [1.82, 2.24) is 25.4 Å². The van der Waals surface area contributed by atoms with Crippen molar-refractivity contribution in [3.05, 3.63) is 47.3 Å². The average Bonchev–Trinajstić information content (AvgIpc) is 3.31. The molecule has 1 saturated carbocycles. The van der Waals surface area contributed by atoms with E-state index in [0.29, 0.717) is 13.2 Å². The second-order valence-corrected chi connectivity index (χ2v) is 7.38. The van der Waals surface area contributed by atoms with Crippen molar-refractivity contribution in [3.8, 4) is 0 Å². The molecular formula is C20H28FIN6O. The Morgan fingerprint density at radius 3 is 2.93 bits per heavy atom. The third-order valence-corrected chi connectivity index (χ3v) is 5.25. The summed E-state index contributed by atoms with van der Waals surface area (Å²) in [7, 11) is 1.65. The smallest absolute Gasteiger partial charge is 0.191 e. The Bertz CT molecular complexity index is 857. The number of hydrogen-bond donors (Lipinski definition) is 2. The number of ether oxygens (including phenoxy) is 1. The number of nitrogens with zero attached hydrogens (tertiary/aromatic N) is 4. The minimum absolute atomic E-state index is 0. The highest BCUT2D eigenvalue weighted by Crippen LogP contribution is 2.41. The topological polar surface area (TPSA) is 76.4 Å². The minimum atomic E-state index is -0.128. The van der Waals surface area contributed by atoms with E-state index in [-0.39, 0.29) is 47.8 Å². The zero-order valence-electron chi connectivity index (χ0n) is 16.8. The highest BCUT2D eigenvalue weighted by molar-refractivity contribution is 14.0. The first-order valence-electron chi connectivity index (χ1n) is 9.91. The number of methoxy groups -OCH3 is 1. The van der Waals surface area contributed by atoms with Gasteiger partial charge in [0, 0.05) is 38.1 Å². The molecule has 7 nitrogen and oxygen atoms in total. The minimum Gasteiger partial charge on any atom is -0.377 e. The van der Waals surface area contributed by atoms with Crippen LogP contribution in [0.2, 0.25) is 0 Å². The molecule has 1 aromatic carbocycles. The molecule has 1 aliphatic heterocycles. The molecule has 1 fully saturated rings. The van der Waals surface area contributed by atoms with Crippen LogP contribution in [0.4, 0.5) is 4.39 Å². The zero-order chi connectivity index (χ0) is 19.5.